The van der Waals surface area contributed by atoms with Crippen LogP contribution in [-0.4, -0.2) is 16.8 Å². The third-order valence-corrected chi connectivity index (χ3v) is 2.18. The normalized spacial score (nSPS) is 14.5. The summed E-state index contributed by atoms with van der Waals surface area (Å²) in [6.07, 6.45) is 0.920. The fourth-order valence-corrected chi connectivity index (χ4v) is 1.51. The number of fused-ring (bicyclic) bond motifs is 1. The average molecular weight is 202 g/mol. The molecule has 0 saturated heterocycles. The zero-order valence-corrected chi connectivity index (χ0v) is 7.90. The van der Waals surface area contributed by atoms with Crippen LogP contribution >= 0.6 is 12.4 Å². The second-order valence-electron chi connectivity index (χ2n) is 3.04. The van der Waals surface area contributed by atoms with Crippen molar-refractivity contribution in [1.29, 1.82) is 0 Å². The van der Waals surface area contributed by atoms with E-state index in [9.17, 15) is 10.2 Å². The Morgan fingerprint density at radius 3 is 2.38 bits per heavy atom. The molecule has 3 nitrogen and oxygen atoms in total. The lowest BCUT2D eigenvalue weighted by atomic mass is 10.0. The van der Waals surface area contributed by atoms with Crippen LogP contribution in [0, 0.1) is 0 Å². The molecule has 3 N–H and O–H groups in total. The van der Waals surface area contributed by atoms with E-state index < -0.39 is 0 Å². The van der Waals surface area contributed by atoms with Gasteiger partial charge in [0.15, 0.2) is 11.5 Å². The lowest BCUT2D eigenvalue weighted by molar-refractivity contribution is 0.401. The van der Waals surface area contributed by atoms with Gasteiger partial charge < -0.3 is 15.5 Å². The van der Waals surface area contributed by atoms with Crippen LogP contribution in [0.5, 0.6) is 11.5 Å². The molecule has 0 radical (unpaired) electrons. The van der Waals surface area contributed by atoms with Gasteiger partial charge >= 0.3 is 0 Å². The number of rotatable bonds is 0. The summed E-state index contributed by atoms with van der Waals surface area (Å²) in [5.74, 6) is -0.0481. The van der Waals surface area contributed by atoms with Gasteiger partial charge in [-0.15, -0.1) is 12.4 Å². The second kappa shape index (κ2) is 3.85. The van der Waals surface area contributed by atoms with E-state index in [1.165, 1.54) is 0 Å². The summed E-state index contributed by atoms with van der Waals surface area (Å²) in [5, 5.41) is 21.6. The Labute approximate surface area is 82.8 Å². The molecule has 0 unspecified atom stereocenters. The first-order chi connectivity index (χ1) is 5.77. The van der Waals surface area contributed by atoms with E-state index in [1.807, 2.05) is 0 Å². The minimum Gasteiger partial charge on any atom is -0.504 e. The van der Waals surface area contributed by atoms with Gasteiger partial charge in [0, 0.05) is 6.54 Å². The van der Waals surface area contributed by atoms with Gasteiger partial charge in [0.1, 0.15) is 0 Å². The van der Waals surface area contributed by atoms with E-state index in [0.717, 1.165) is 30.6 Å². The summed E-state index contributed by atoms with van der Waals surface area (Å²) in [7, 11) is 0. The van der Waals surface area contributed by atoms with Crippen LogP contribution in [0.4, 0.5) is 0 Å². The number of phenolic OH excluding ortho intramolecular Hbond substituents is 2. The molecule has 0 atom stereocenters. The Hall–Kier alpha value is -0.930. The molecule has 1 heterocycles. The van der Waals surface area contributed by atoms with Crippen molar-refractivity contribution >= 4 is 12.4 Å². The number of aromatic hydroxyl groups is 2. The lowest BCUT2D eigenvalue weighted by Gasteiger charge is -2.17. The van der Waals surface area contributed by atoms with Gasteiger partial charge in [-0.2, -0.15) is 0 Å². The first-order valence-corrected chi connectivity index (χ1v) is 4.02. The van der Waals surface area contributed by atoms with E-state index in [4.69, 9.17) is 0 Å². The van der Waals surface area contributed by atoms with Crippen molar-refractivity contribution in [2.75, 3.05) is 6.54 Å². The van der Waals surface area contributed by atoms with Crippen LogP contribution in [0.1, 0.15) is 11.1 Å². The summed E-state index contributed by atoms with van der Waals surface area (Å²) in [6, 6.07) is 3.27. The fraction of sp³-hybridized carbons (Fsp3) is 0.333. The Morgan fingerprint density at radius 1 is 1.08 bits per heavy atom. The van der Waals surface area contributed by atoms with E-state index in [-0.39, 0.29) is 23.9 Å². The SMILES string of the molecule is Cl.Oc1cc2c(cc1O)CNCC2. The molecule has 72 valence electrons. The molecule has 0 aromatic heterocycles. The van der Waals surface area contributed by atoms with E-state index >= 15 is 0 Å². The van der Waals surface area contributed by atoms with Gasteiger partial charge in [0.05, 0.1) is 0 Å². The molecule has 0 aliphatic carbocycles. The Kier molecular flexibility index (Phi) is 3.01. The van der Waals surface area contributed by atoms with Gasteiger partial charge in [0.2, 0.25) is 0 Å². The maximum absolute atomic E-state index is 9.20. The number of nitrogens with one attached hydrogen (secondary N) is 1. The van der Waals surface area contributed by atoms with Crippen LogP contribution in [0.3, 0.4) is 0 Å². The van der Waals surface area contributed by atoms with Crippen LogP contribution in [0.25, 0.3) is 0 Å². The lowest BCUT2D eigenvalue weighted by Crippen LogP contribution is -2.23. The zero-order valence-electron chi connectivity index (χ0n) is 7.08. The monoisotopic (exact) mass is 201 g/mol. The molecule has 0 bridgehead atoms. The maximum Gasteiger partial charge on any atom is 0.157 e. The van der Waals surface area contributed by atoms with Crippen molar-refractivity contribution in [3.63, 3.8) is 0 Å². The first-order valence-electron chi connectivity index (χ1n) is 4.02. The van der Waals surface area contributed by atoms with Crippen LogP contribution in [-0.2, 0) is 13.0 Å². The van der Waals surface area contributed by atoms with E-state index in [0.29, 0.717) is 0 Å². The molecule has 1 aromatic rings. The maximum atomic E-state index is 9.20. The zero-order chi connectivity index (χ0) is 8.55. The summed E-state index contributed by atoms with van der Waals surface area (Å²) < 4.78 is 0. The van der Waals surface area contributed by atoms with Crippen molar-refractivity contribution in [1.82, 2.24) is 5.32 Å². The summed E-state index contributed by atoms with van der Waals surface area (Å²) in [6.45, 7) is 1.72. The van der Waals surface area contributed by atoms with Crippen molar-refractivity contribution in [2.45, 2.75) is 13.0 Å². The summed E-state index contributed by atoms with van der Waals surface area (Å²) in [5.41, 5.74) is 2.21. The third-order valence-electron chi connectivity index (χ3n) is 2.18. The molecular weight excluding hydrogens is 190 g/mol. The Morgan fingerprint density at radius 2 is 1.69 bits per heavy atom. The molecule has 0 saturated carbocycles. The highest BCUT2D eigenvalue weighted by atomic mass is 35.5. The Bertz CT molecular complexity index is 284. The van der Waals surface area contributed by atoms with E-state index in [2.05, 4.69) is 5.32 Å². The predicted molar refractivity (Wildman–Crippen MR) is 52.4 cm³/mol. The highest BCUT2D eigenvalue weighted by Gasteiger charge is 2.11. The van der Waals surface area contributed by atoms with Gasteiger partial charge in [0.25, 0.3) is 0 Å². The number of hydrogen-bond acceptors (Lipinski definition) is 3. The third kappa shape index (κ3) is 1.87. The summed E-state index contributed by atoms with van der Waals surface area (Å²) >= 11 is 0. The minimum absolute atomic E-state index is 0. The minimum atomic E-state index is -0.0301. The largest absolute Gasteiger partial charge is 0.504 e. The van der Waals surface area contributed by atoms with Crippen LogP contribution < -0.4 is 5.32 Å². The number of phenols is 2. The van der Waals surface area contributed by atoms with Crippen molar-refractivity contribution < 1.29 is 10.2 Å². The average Bonchev–Trinajstić information content (AvgIpc) is 2.07. The molecule has 0 amide bonds. The number of benzene rings is 1. The highest BCUT2D eigenvalue weighted by Crippen LogP contribution is 2.29. The molecule has 13 heavy (non-hydrogen) atoms. The quantitative estimate of drug-likeness (QED) is 0.553. The second-order valence-corrected chi connectivity index (χ2v) is 3.04. The molecule has 2 rings (SSSR count). The van der Waals surface area contributed by atoms with Gasteiger partial charge in [-0.1, -0.05) is 0 Å². The number of halogens is 1. The van der Waals surface area contributed by atoms with Crippen molar-refractivity contribution in [2.24, 2.45) is 0 Å². The smallest absolute Gasteiger partial charge is 0.157 e. The molecular formula is C9H12ClNO2. The topological polar surface area (TPSA) is 52.5 Å². The number of hydrogen-bond donors (Lipinski definition) is 3. The highest BCUT2D eigenvalue weighted by molar-refractivity contribution is 5.85. The molecule has 1 aromatic carbocycles. The van der Waals surface area contributed by atoms with Crippen LogP contribution in [0.15, 0.2) is 12.1 Å². The van der Waals surface area contributed by atoms with Gasteiger partial charge in [-0.3, -0.25) is 0 Å². The Balaban J connectivity index is 0.000000845. The van der Waals surface area contributed by atoms with Gasteiger partial charge in [-0.25, -0.2) is 0 Å². The van der Waals surface area contributed by atoms with E-state index in [1.54, 1.807) is 12.1 Å². The van der Waals surface area contributed by atoms with Crippen molar-refractivity contribution in [3.8, 4) is 11.5 Å². The molecule has 1 aliphatic heterocycles. The van der Waals surface area contributed by atoms with Crippen molar-refractivity contribution in [3.05, 3.63) is 23.3 Å². The predicted octanol–water partition coefficient (Wildman–Crippen LogP) is 1.17. The first kappa shape index (κ1) is 10.2. The molecule has 4 heteroatoms. The van der Waals surface area contributed by atoms with Gasteiger partial charge in [-0.05, 0) is 36.2 Å². The standard InChI is InChI=1S/C9H11NO2.ClH/c11-8-3-6-1-2-10-5-7(6)4-9(8)12;/h3-4,10-12H,1-2,5H2;1H. The fourth-order valence-electron chi connectivity index (χ4n) is 1.51. The molecule has 1 aliphatic rings. The molecule has 0 fully saturated rings. The van der Waals surface area contributed by atoms with Crippen LogP contribution in [0.2, 0.25) is 0 Å². The summed E-state index contributed by atoms with van der Waals surface area (Å²) in [4.78, 5) is 0. The molecule has 0 spiro atoms.